The van der Waals surface area contributed by atoms with Crippen LogP contribution < -0.4 is 30.2 Å². The second-order valence-electron chi connectivity index (χ2n) is 9.41. The first-order valence-corrected chi connectivity index (χ1v) is 12.8. The molecule has 0 radical (unpaired) electrons. The fraction of sp³-hybridized carbons (Fsp3) is 0.194. The Morgan fingerprint density at radius 1 is 0.829 bits per heavy atom. The highest BCUT2D eigenvalue weighted by Gasteiger charge is 2.20. The summed E-state index contributed by atoms with van der Waals surface area (Å²) in [6.07, 6.45) is 3.00. The molecule has 0 saturated heterocycles. The number of anilines is 2. The minimum atomic E-state index is -0.643. The molecule has 41 heavy (non-hydrogen) atoms. The molecule has 0 saturated carbocycles. The molecule has 9 nitrogen and oxygen atoms in total. The minimum Gasteiger partial charge on any atom is -0.493 e. The molecule has 0 aliphatic carbocycles. The number of benzene rings is 3. The van der Waals surface area contributed by atoms with Gasteiger partial charge >= 0.3 is 0 Å². The predicted molar refractivity (Wildman–Crippen MR) is 156 cm³/mol. The highest BCUT2D eigenvalue weighted by atomic mass is 19.1. The smallest absolute Gasteiger partial charge is 0.262 e. The van der Waals surface area contributed by atoms with E-state index in [1.54, 1.807) is 56.8 Å². The van der Waals surface area contributed by atoms with Crippen LogP contribution in [0.25, 0.3) is 10.9 Å². The van der Waals surface area contributed by atoms with Crippen molar-refractivity contribution < 1.29 is 28.2 Å². The molecule has 1 aromatic heterocycles. The van der Waals surface area contributed by atoms with Gasteiger partial charge < -0.3 is 30.2 Å². The number of carbonyl (C=O) groups excluding carboxylic acids is 2. The van der Waals surface area contributed by atoms with E-state index in [-0.39, 0.29) is 11.6 Å². The molecule has 3 N–H and O–H groups in total. The van der Waals surface area contributed by atoms with Crippen LogP contribution >= 0.6 is 0 Å². The average molecular weight is 559 g/mol. The highest BCUT2D eigenvalue weighted by Crippen LogP contribution is 2.37. The molecule has 3 aromatic carbocycles. The van der Waals surface area contributed by atoms with E-state index in [1.807, 2.05) is 20.8 Å². The van der Waals surface area contributed by atoms with E-state index in [1.165, 1.54) is 30.5 Å². The quantitative estimate of drug-likeness (QED) is 0.125. The lowest BCUT2D eigenvalue weighted by molar-refractivity contribution is -0.118. The number of ether oxygens (including phenoxy) is 3. The topological polar surface area (TPSA) is 111 Å². The number of halogens is 1. The van der Waals surface area contributed by atoms with Gasteiger partial charge in [0.25, 0.3) is 11.8 Å². The van der Waals surface area contributed by atoms with E-state index in [9.17, 15) is 14.0 Å². The van der Waals surface area contributed by atoms with E-state index < -0.39 is 17.6 Å². The van der Waals surface area contributed by atoms with Gasteiger partial charge in [-0.25, -0.2) is 4.39 Å². The summed E-state index contributed by atoms with van der Waals surface area (Å²) >= 11 is 0. The van der Waals surface area contributed by atoms with Crippen LogP contribution in [0.3, 0.4) is 0 Å². The van der Waals surface area contributed by atoms with E-state index in [2.05, 4.69) is 20.9 Å². The van der Waals surface area contributed by atoms with Gasteiger partial charge in [0, 0.05) is 41.3 Å². The van der Waals surface area contributed by atoms with Crippen molar-refractivity contribution in [2.75, 3.05) is 24.9 Å². The first kappa shape index (κ1) is 28.9. The SMILES string of the molecule is COc1cc2nccc(Oc3ccc(NC(=O)/C(=C/NC(C)C)C(=O)Nc4ccc(F)cc4)cc3C)c2cc1OC. The van der Waals surface area contributed by atoms with E-state index in [0.717, 1.165) is 10.9 Å². The standard InChI is InChI=1S/C31H31FN4O5/c1-18(2)34-17-24(30(37)35-21-8-6-20(32)7-9-21)31(38)36-22-10-11-26(19(3)14-22)41-27-12-13-33-25-16-29(40-5)28(39-4)15-23(25)27/h6-18,34H,1-5H3,(H,35,37)(H,36,38)/b24-17+. The van der Waals surface area contributed by atoms with Gasteiger partial charge in [-0.2, -0.15) is 0 Å². The molecule has 0 spiro atoms. The van der Waals surface area contributed by atoms with Gasteiger partial charge in [0.05, 0.1) is 19.7 Å². The van der Waals surface area contributed by atoms with Crippen molar-refractivity contribution in [3.63, 3.8) is 0 Å². The van der Waals surface area contributed by atoms with Crippen molar-refractivity contribution in [2.24, 2.45) is 0 Å². The van der Waals surface area contributed by atoms with Gasteiger partial charge in [0.15, 0.2) is 11.5 Å². The summed E-state index contributed by atoms with van der Waals surface area (Å²) in [5.41, 5.74) is 2.10. The maximum atomic E-state index is 13.3. The van der Waals surface area contributed by atoms with Crippen LogP contribution in [0.15, 0.2) is 78.6 Å². The van der Waals surface area contributed by atoms with Crippen LogP contribution in [0, 0.1) is 12.7 Å². The Bertz CT molecular complexity index is 1600. The summed E-state index contributed by atoms with van der Waals surface area (Å²) in [6.45, 7) is 5.60. The molecule has 0 aliphatic rings. The molecule has 212 valence electrons. The van der Waals surface area contributed by atoms with Crippen LogP contribution in [-0.2, 0) is 9.59 Å². The number of methoxy groups -OCH3 is 2. The first-order chi connectivity index (χ1) is 19.7. The average Bonchev–Trinajstić information content (AvgIpc) is 2.95. The second kappa shape index (κ2) is 12.8. The molecule has 4 aromatic rings. The molecule has 4 rings (SSSR count). The fourth-order valence-electron chi connectivity index (χ4n) is 3.91. The number of pyridine rings is 1. The van der Waals surface area contributed by atoms with Crippen LogP contribution in [0.1, 0.15) is 19.4 Å². The second-order valence-corrected chi connectivity index (χ2v) is 9.41. The Kier molecular flexibility index (Phi) is 9.03. The van der Waals surface area contributed by atoms with Crippen LogP contribution in [0.5, 0.6) is 23.0 Å². The normalized spacial score (nSPS) is 11.2. The number of hydrogen-bond donors (Lipinski definition) is 3. The molecule has 0 bridgehead atoms. The summed E-state index contributed by atoms with van der Waals surface area (Å²) in [5, 5.41) is 9.11. The number of rotatable bonds is 10. The Balaban J connectivity index is 1.54. The molecule has 0 fully saturated rings. The van der Waals surface area contributed by atoms with Crippen molar-refractivity contribution in [2.45, 2.75) is 26.8 Å². The Morgan fingerprint density at radius 3 is 2.10 bits per heavy atom. The van der Waals surface area contributed by atoms with Crippen molar-refractivity contribution in [3.8, 4) is 23.0 Å². The zero-order chi connectivity index (χ0) is 29.5. The van der Waals surface area contributed by atoms with Gasteiger partial charge in [-0.1, -0.05) is 0 Å². The molecular weight excluding hydrogens is 527 g/mol. The van der Waals surface area contributed by atoms with Crippen LogP contribution in [0.4, 0.5) is 15.8 Å². The number of aromatic nitrogens is 1. The third-order valence-electron chi connectivity index (χ3n) is 6.01. The molecular formula is C31H31FN4O5. The third-order valence-corrected chi connectivity index (χ3v) is 6.01. The lowest BCUT2D eigenvalue weighted by Crippen LogP contribution is -2.28. The zero-order valence-corrected chi connectivity index (χ0v) is 23.4. The van der Waals surface area contributed by atoms with E-state index >= 15 is 0 Å². The van der Waals surface area contributed by atoms with E-state index in [4.69, 9.17) is 14.2 Å². The number of fused-ring (bicyclic) bond motifs is 1. The Labute approximate surface area is 237 Å². The monoisotopic (exact) mass is 558 g/mol. The Morgan fingerprint density at radius 2 is 1.46 bits per heavy atom. The van der Waals surface area contributed by atoms with Crippen molar-refractivity contribution in [1.29, 1.82) is 0 Å². The molecule has 1 heterocycles. The Hall–Kier alpha value is -5.12. The van der Waals surface area contributed by atoms with Crippen molar-refractivity contribution in [3.05, 3.63) is 90.0 Å². The molecule has 2 amide bonds. The third kappa shape index (κ3) is 7.10. The largest absolute Gasteiger partial charge is 0.493 e. The highest BCUT2D eigenvalue weighted by molar-refractivity contribution is 6.26. The number of aryl methyl sites for hydroxylation is 1. The molecule has 0 aliphatic heterocycles. The number of nitrogens with one attached hydrogen (secondary N) is 3. The summed E-state index contributed by atoms with van der Waals surface area (Å²) in [5.74, 6) is 0.548. The summed E-state index contributed by atoms with van der Waals surface area (Å²) < 4.78 is 30.3. The van der Waals surface area contributed by atoms with Crippen molar-refractivity contribution in [1.82, 2.24) is 10.3 Å². The van der Waals surface area contributed by atoms with Gasteiger partial charge in [0.2, 0.25) is 0 Å². The lowest BCUT2D eigenvalue weighted by Gasteiger charge is -2.15. The molecule has 10 heteroatoms. The van der Waals surface area contributed by atoms with Gasteiger partial charge in [0.1, 0.15) is 22.9 Å². The lowest BCUT2D eigenvalue weighted by atomic mass is 10.1. The number of amides is 2. The molecule has 0 unspecified atom stereocenters. The zero-order valence-electron chi connectivity index (χ0n) is 23.4. The first-order valence-electron chi connectivity index (χ1n) is 12.8. The maximum absolute atomic E-state index is 13.3. The fourth-order valence-corrected chi connectivity index (χ4v) is 3.91. The minimum absolute atomic E-state index is 0.0135. The van der Waals surface area contributed by atoms with Gasteiger partial charge in [-0.15, -0.1) is 0 Å². The van der Waals surface area contributed by atoms with Crippen LogP contribution in [-0.4, -0.2) is 37.1 Å². The van der Waals surface area contributed by atoms with Crippen molar-refractivity contribution >= 4 is 34.1 Å². The predicted octanol–water partition coefficient (Wildman–Crippen LogP) is 5.95. The number of hydrogen-bond acceptors (Lipinski definition) is 7. The van der Waals surface area contributed by atoms with E-state index in [0.29, 0.717) is 39.9 Å². The number of nitrogens with zero attached hydrogens (tertiary/aromatic N) is 1. The molecule has 0 atom stereocenters. The number of carbonyl (C=O) groups is 2. The summed E-state index contributed by atoms with van der Waals surface area (Å²) in [6, 6.07) is 15.7. The van der Waals surface area contributed by atoms with Gasteiger partial charge in [-0.05, 0) is 80.9 Å². The van der Waals surface area contributed by atoms with Gasteiger partial charge in [-0.3, -0.25) is 14.6 Å². The van der Waals surface area contributed by atoms with Crippen LogP contribution in [0.2, 0.25) is 0 Å². The maximum Gasteiger partial charge on any atom is 0.262 e. The summed E-state index contributed by atoms with van der Waals surface area (Å²) in [4.78, 5) is 30.5. The summed E-state index contributed by atoms with van der Waals surface area (Å²) in [7, 11) is 3.12.